The van der Waals surface area contributed by atoms with Crippen molar-refractivity contribution in [2.75, 3.05) is 25.2 Å². The molecule has 7 heteroatoms. The Kier molecular flexibility index (Phi) is 8.36. The average molecular weight is 516 g/mol. The summed E-state index contributed by atoms with van der Waals surface area (Å²) >= 11 is 0. The predicted molar refractivity (Wildman–Crippen MR) is 147 cm³/mol. The molecule has 7 nitrogen and oxygen atoms in total. The summed E-state index contributed by atoms with van der Waals surface area (Å²) in [6.07, 6.45) is 0.833. The van der Waals surface area contributed by atoms with E-state index in [2.05, 4.69) is 13.8 Å². The molecule has 1 unspecified atom stereocenters. The summed E-state index contributed by atoms with van der Waals surface area (Å²) in [6, 6.07) is 20.2. The van der Waals surface area contributed by atoms with Gasteiger partial charge in [-0.1, -0.05) is 39.0 Å². The maximum Gasteiger partial charge on any atom is 0.300 e. The monoisotopic (exact) mass is 515 g/mol. The molecule has 1 fully saturated rings. The third kappa shape index (κ3) is 5.67. The summed E-state index contributed by atoms with van der Waals surface area (Å²) in [4.78, 5) is 28.3. The fourth-order valence-corrected chi connectivity index (χ4v) is 4.30. The minimum atomic E-state index is -0.872. The van der Waals surface area contributed by atoms with Gasteiger partial charge in [0.15, 0.2) is 0 Å². The molecular weight excluding hydrogens is 482 g/mol. The fourth-order valence-electron chi connectivity index (χ4n) is 4.30. The van der Waals surface area contributed by atoms with Crippen LogP contribution < -0.4 is 19.1 Å². The first-order chi connectivity index (χ1) is 18.3. The van der Waals surface area contributed by atoms with Gasteiger partial charge in [-0.15, -0.1) is 0 Å². The van der Waals surface area contributed by atoms with Crippen LogP contribution in [0.15, 0.2) is 78.4 Å². The van der Waals surface area contributed by atoms with Crippen LogP contribution in [0.2, 0.25) is 0 Å². The van der Waals surface area contributed by atoms with Crippen molar-refractivity contribution in [2.24, 2.45) is 5.92 Å². The van der Waals surface area contributed by atoms with E-state index in [1.807, 2.05) is 6.92 Å². The Morgan fingerprint density at radius 2 is 1.63 bits per heavy atom. The molecule has 38 heavy (non-hydrogen) atoms. The maximum atomic E-state index is 13.5. The van der Waals surface area contributed by atoms with Crippen LogP contribution >= 0.6 is 0 Å². The molecule has 198 valence electrons. The van der Waals surface area contributed by atoms with E-state index >= 15 is 0 Å². The van der Waals surface area contributed by atoms with Gasteiger partial charge in [-0.25, -0.2) is 0 Å². The van der Waals surface area contributed by atoms with Gasteiger partial charge in [0.25, 0.3) is 11.7 Å². The van der Waals surface area contributed by atoms with Gasteiger partial charge in [0.2, 0.25) is 0 Å². The van der Waals surface area contributed by atoms with E-state index in [-0.39, 0.29) is 11.3 Å². The lowest BCUT2D eigenvalue weighted by Gasteiger charge is -2.26. The van der Waals surface area contributed by atoms with E-state index in [4.69, 9.17) is 14.2 Å². The molecule has 0 saturated carbocycles. The number of ketones is 1. The molecule has 1 saturated heterocycles. The summed E-state index contributed by atoms with van der Waals surface area (Å²) in [5.74, 6) is 0.427. The molecule has 0 aromatic heterocycles. The smallest absolute Gasteiger partial charge is 0.300 e. The van der Waals surface area contributed by atoms with Crippen LogP contribution in [0.5, 0.6) is 17.2 Å². The highest BCUT2D eigenvalue weighted by atomic mass is 16.5. The lowest BCUT2D eigenvalue weighted by molar-refractivity contribution is -0.132. The summed E-state index contributed by atoms with van der Waals surface area (Å²) in [5, 5.41) is 11.4. The molecule has 3 aromatic rings. The topological polar surface area (TPSA) is 85.3 Å². The van der Waals surface area contributed by atoms with E-state index in [1.54, 1.807) is 79.9 Å². The number of carbonyl (C=O) groups is 2. The number of anilines is 1. The second-order valence-corrected chi connectivity index (χ2v) is 9.52. The van der Waals surface area contributed by atoms with Crippen molar-refractivity contribution in [2.45, 2.75) is 33.2 Å². The fraction of sp³-hybridized carbons (Fsp3) is 0.290. The van der Waals surface area contributed by atoms with E-state index in [9.17, 15) is 14.7 Å². The number of rotatable bonds is 10. The number of hydrogen-bond acceptors (Lipinski definition) is 6. The number of aliphatic hydroxyl groups excluding tert-OH is 1. The largest absolute Gasteiger partial charge is 0.507 e. The van der Waals surface area contributed by atoms with Gasteiger partial charge in [0.05, 0.1) is 31.9 Å². The standard InChI is InChI=1S/C31H33NO6/c1-5-16-37-26-11-7-9-23(18-26)32-28(22-8-6-10-25(17-22)36-4)27(30(34)31(32)35)29(33)21-12-14-24(15-13-21)38-19-20(2)3/h6-15,17-18,20,28,33H,5,16,19H2,1-4H3/b29-27+. The molecular formula is C31H33NO6. The number of hydrogen-bond donors (Lipinski definition) is 1. The highest BCUT2D eigenvalue weighted by molar-refractivity contribution is 6.51. The Hall–Kier alpha value is -4.26. The van der Waals surface area contributed by atoms with Crippen LogP contribution in [0.4, 0.5) is 5.69 Å². The Bertz CT molecular complexity index is 1330. The number of aliphatic hydroxyl groups is 1. The number of ether oxygens (including phenoxy) is 3. The van der Waals surface area contributed by atoms with Crippen molar-refractivity contribution in [3.05, 3.63) is 89.5 Å². The Labute approximate surface area is 223 Å². The van der Waals surface area contributed by atoms with Gasteiger partial charge in [0.1, 0.15) is 23.0 Å². The normalized spacial score (nSPS) is 16.7. The molecule has 1 aliphatic heterocycles. The predicted octanol–water partition coefficient (Wildman–Crippen LogP) is 6.15. The number of nitrogens with zero attached hydrogens (tertiary/aromatic N) is 1. The van der Waals surface area contributed by atoms with Crippen LogP contribution in [-0.2, 0) is 9.59 Å². The Morgan fingerprint density at radius 1 is 0.921 bits per heavy atom. The first-order valence-corrected chi connectivity index (χ1v) is 12.7. The third-order valence-corrected chi connectivity index (χ3v) is 6.13. The van der Waals surface area contributed by atoms with Crippen LogP contribution in [-0.4, -0.2) is 37.1 Å². The molecule has 1 aliphatic rings. The molecule has 4 rings (SSSR count). The highest BCUT2D eigenvalue weighted by Gasteiger charge is 2.47. The molecule has 0 bridgehead atoms. The summed E-state index contributed by atoms with van der Waals surface area (Å²) < 4.78 is 16.9. The molecule has 0 aliphatic carbocycles. The second-order valence-electron chi connectivity index (χ2n) is 9.52. The van der Waals surface area contributed by atoms with Crippen LogP contribution in [0.25, 0.3) is 5.76 Å². The van der Waals surface area contributed by atoms with Crippen molar-refractivity contribution in [3.63, 3.8) is 0 Å². The molecule has 1 heterocycles. The summed E-state index contributed by atoms with van der Waals surface area (Å²) in [6.45, 7) is 7.22. The molecule has 1 amide bonds. The zero-order chi connectivity index (χ0) is 27.2. The first-order valence-electron chi connectivity index (χ1n) is 12.7. The van der Waals surface area contributed by atoms with Crippen molar-refractivity contribution < 1.29 is 28.9 Å². The zero-order valence-electron chi connectivity index (χ0n) is 22.1. The van der Waals surface area contributed by atoms with Crippen LogP contribution in [0, 0.1) is 5.92 Å². The van der Waals surface area contributed by atoms with E-state index < -0.39 is 17.7 Å². The van der Waals surface area contributed by atoms with E-state index in [0.717, 1.165) is 6.42 Å². The lowest BCUT2D eigenvalue weighted by atomic mass is 9.95. The molecule has 1 atom stereocenters. The molecule has 3 aromatic carbocycles. The van der Waals surface area contributed by atoms with Crippen molar-refractivity contribution in [1.82, 2.24) is 0 Å². The zero-order valence-corrected chi connectivity index (χ0v) is 22.1. The Balaban J connectivity index is 1.82. The lowest BCUT2D eigenvalue weighted by Crippen LogP contribution is -2.29. The quantitative estimate of drug-likeness (QED) is 0.198. The van der Waals surface area contributed by atoms with Crippen LogP contribution in [0.1, 0.15) is 44.4 Å². The van der Waals surface area contributed by atoms with Crippen molar-refractivity contribution in [1.29, 1.82) is 0 Å². The van der Waals surface area contributed by atoms with Crippen molar-refractivity contribution >= 4 is 23.1 Å². The molecule has 0 spiro atoms. The third-order valence-electron chi connectivity index (χ3n) is 6.13. The van der Waals surface area contributed by atoms with Gasteiger partial charge in [-0.3, -0.25) is 14.5 Å². The van der Waals surface area contributed by atoms with Gasteiger partial charge >= 0.3 is 0 Å². The number of carbonyl (C=O) groups excluding carboxylic acids is 2. The highest BCUT2D eigenvalue weighted by Crippen LogP contribution is 2.43. The van der Waals surface area contributed by atoms with Crippen molar-refractivity contribution in [3.8, 4) is 17.2 Å². The SMILES string of the molecule is CCCOc1cccc(N2C(=O)C(=O)/C(=C(/O)c3ccc(OCC(C)C)cc3)C2c2cccc(OC)c2)c1. The molecule has 1 N–H and O–H groups in total. The van der Waals surface area contributed by atoms with E-state index in [1.165, 1.54) is 4.90 Å². The van der Waals surface area contributed by atoms with Crippen LogP contribution in [0.3, 0.4) is 0 Å². The van der Waals surface area contributed by atoms with Gasteiger partial charge < -0.3 is 19.3 Å². The minimum absolute atomic E-state index is 0.000943. The minimum Gasteiger partial charge on any atom is -0.507 e. The Morgan fingerprint density at radius 3 is 2.32 bits per heavy atom. The second kappa shape index (κ2) is 11.9. The average Bonchev–Trinajstić information content (AvgIpc) is 3.20. The number of methoxy groups -OCH3 is 1. The maximum absolute atomic E-state index is 13.5. The number of Topliss-reactive ketones (excluding diaryl/α,β-unsaturated/α-hetero) is 1. The number of benzene rings is 3. The summed E-state index contributed by atoms with van der Waals surface area (Å²) in [5.41, 5.74) is 1.53. The molecule has 0 radical (unpaired) electrons. The summed E-state index contributed by atoms with van der Waals surface area (Å²) in [7, 11) is 1.55. The van der Waals surface area contributed by atoms with Gasteiger partial charge in [0, 0.05) is 17.3 Å². The van der Waals surface area contributed by atoms with Gasteiger partial charge in [-0.05, 0) is 66.4 Å². The van der Waals surface area contributed by atoms with Gasteiger partial charge in [-0.2, -0.15) is 0 Å². The number of amides is 1. The first kappa shape index (κ1) is 26.8. The van der Waals surface area contributed by atoms with E-state index in [0.29, 0.717) is 53.2 Å².